The normalized spacial score (nSPS) is 29.1. The lowest BCUT2D eigenvalue weighted by atomic mass is 9.88. The second kappa shape index (κ2) is 3.98. The number of piperidine rings is 1. The third kappa shape index (κ3) is 1.65. The maximum Gasteiger partial charge on any atom is 0.0600 e. The SMILES string of the molecule is Nc1ccccc1N1CC[C@H]2COC[C@@H]2C1. The van der Waals surface area contributed by atoms with Crippen molar-refractivity contribution in [2.75, 3.05) is 36.9 Å². The van der Waals surface area contributed by atoms with Crippen LogP contribution < -0.4 is 10.6 Å². The molecular weight excluding hydrogens is 200 g/mol. The molecule has 0 aromatic heterocycles. The van der Waals surface area contributed by atoms with Gasteiger partial charge < -0.3 is 15.4 Å². The second-order valence-corrected chi connectivity index (χ2v) is 4.85. The Balaban J connectivity index is 1.79. The average Bonchev–Trinajstić information content (AvgIpc) is 2.76. The second-order valence-electron chi connectivity index (χ2n) is 4.85. The first-order chi connectivity index (χ1) is 7.84. The van der Waals surface area contributed by atoms with E-state index in [1.54, 1.807) is 0 Å². The number of ether oxygens (including phenoxy) is 1. The zero-order valence-corrected chi connectivity index (χ0v) is 9.43. The molecule has 0 aliphatic carbocycles. The molecule has 2 atom stereocenters. The summed E-state index contributed by atoms with van der Waals surface area (Å²) in [5.41, 5.74) is 8.09. The fraction of sp³-hybridized carbons (Fsp3) is 0.538. The van der Waals surface area contributed by atoms with Gasteiger partial charge in [0, 0.05) is 25.6 Å². The number of hydrogen-bond donors (Lipinski definition) is 1. The summed E-state index contributed by atoms with van der Waals surface area (Å²) in [6, 6.07) is 8.14. The van der Waals surface area contributed by atoms with Crippen LogP contribution >= 0.6 is 0 Å². The number of anilines is 2. The van der Waals surface area contributed by atoms with E-state index in [1.165, 1.54) is 12.1 Å². The highest BCUT2D eigenvalue weighted by molar-refractivity contribution is 5.67. The van der Waals surface area contributed by atoms with Gasteiger partial charge in [0.05, 0.1) is 18.0 Å². The van der Waals surface area contributed by atoms with Crippen LogP contribution in [-0.2, 0) is 4.74 Å². The van der Waals surface area contributed by atoms with Crippen LogP contribution in [0.2, 0.25) is 0 Å². The number of nitrogens with two attached hydrogens (primary N) is 1. The summed E-state index contributed by atoms with van der Waals surface area (Å²) in [6.07, 6.45) is 1.24. The van der Waals surface area contributed by atoms with Crippen molar-refractivity contribution in [1.29, 1.82) is 0 Å². The van der Waals surface area contributed by atoms with Crippen molar-refractivity contribution in [3.8, 4) is 0 Å². The number of rotatable bonds is 1. The first-order valence-electron chi connectivity index (χ1n) is 6.02. The minimum atomic E-state index is 0.702. The lowest BCUT2D eigenvalue weighted by Crippen LogP contribution is -2.40. The van der Waals surface area contributed by atoms with Gasteiger partial charge in [-0.1, -0.05) is 12.1 Å². The molecule has 2 aliphatic heterocycles. The first kappa shape index (κ1) is 9.97. The highest BCUT2D eigenvalue weighted by atomic mass is 16.5. The molecule has 0 unspecified atom stereocenters. The highest BCUT2D eigenvalue weighted by Gasteiger charge is 2.34. The standard InChI is InChI=1S/C13H18N2O/c14-12-3-1-2-4-13(12)15-6-5-10-8-16-9-11(10)7-15/h1-4,10-11H,5-9,14H2/t10-,11-/m0/s1. The van der Waals surface area contributed by atoms with Crippen molar-refractivity contribution in [1.82, 2.24) is 0 Å². The van der Waals surface area contributed by atoms with Crippen molar-refractivity contribution in [3.05, 3.63) is 24.3 Å². The Morgan fingerprint density at radius 1 is 1.19 bits per heavy atom. The fourth-order valence-corrected chi connectivity index (χ4v) is 2.85. The minimum absolute atomic E-state index is 0.702. The molecule has 2 saturated heterocycles. The molecule has 16 heavy (non-hydrogen) atoms. The van der Waals surface area contributed by atoms with Crippen LogP contribution in [0.25, 0.3) is 0 Å². The monoisotopic (exact) mass is 218 g/mol. The Kier molecular flexibility index (Phi) is 2.48. The van der Waals surface area contributed by atoms with Gasteiger partial charge in [0.15, 0.2) is 0 Å². The van der Waals surface area contributed by atoms with Crippen molar-refractivity contribution in [2.24, 2.45) is 11.8 Å². The number of para-hydroxylation sites is 2. The van der Waals surface area contributed by atoms with Gasteiger partial charge in [-0.3, -0.25) is 0 Å². The molecule has 2 aliphatic rings. The molecule has 0 radical (unpaired) electrons. The van der Waals surface area contributed by atoms with Gasteiger partial charge in [0.1, 0.15) is 0 Å². The van der Waals surface area contributed by atoms with Gasteiger partial charge in [-0.25, -0.2) is 0 Å². The minimum Gasteiger partial charge on any atom is -0.397 e. The third-order valence-corrected chi connectivity index (χ3v) is 3.83. The van der Waals surface area contributed by atoms with Crippen LogP contribution in [0.3, 0.4) is 0 Å². The van der Waals surface area contributed by atoms with Crippen LogP contribution in [0.4, 0.5) is 11.4 Å². The predicted octanol–water partition coefficient (Wildman–Crippen LogP) is 1.74. The van der Waals surface area contributed by atoms with Crippen molar-refractivity contribution < 1.29 is 4.74 Å². The molecule has 0 spiro atoms. The van der Waals surface area contributed by atoms with E-state index in [0.29, 0.717) is 5.92 Å². The Bertz CT molecular complexity index is 380. The van der Waals surface area contributed by atoms with Gasteiger partial charge in [0.25, 0.3) is 0 Å². The Morgan fingerprint density at radius 3 is 2.88 bits per heavy atom. The van der Waals surface area contributed by atoms with Crippen LogP contribution in [-0.4, -0.2) is 26.3 Å². The molecule has 3 heteroatoms. The number of nitrogens with zero attached hydrogens (tertiary/aromatic N) is 1. The van der Waals surface area contributed by atoms with Crippen molar-refractivity contribution >= 4 is 11.4 Å². The quantitative estimate of drug-likeness (QED) is 0.730. The molecule has 2 fully saturated rings. The lowest BCUT2D eigenvalue weighted by molar-refractivity contribution is 0.182. The van der Waals surface area contributed by atoms with Crippen LogP contribution in [0.15, 0.2) is 24.3 Å². The van der Waals surface area contributed by atoms with E-state index in [4.69, 9.17) is 10.5 Å². The summed E-state index contributed by atoms with van der Waals surface area (Å²) in [5.74, 6) is 1.48. The summed E-state index contributed by atoms with van der Waals surface area (Å²) in [4.78, 5) is 2.41. The average molecular weight is 218 g/mol. The van der Waals surface area contributed by atoms with E-state index in [0.717, 1.165) is 37.9 Å². The summed E-state index contributed by atoms with van der Waals surface area (Å²) in [5, 5.41) is 0. The molecule has 2 heterocycles. The number of benzene rings is 1. The van der Waals surface area contributed by atoms with Gasteiger partial charge in [-0.2, -0.15) is 0 Å². The number of fused-ring (bicyclic) bond motifs is 1. The number of hydrogen-bond acceptors (Lipinski definition) is 3. The van der Waals surface area contributed by atoms with E-state index < -0.39 is 0 Å². The summed E-state index contributed by atoms with van der Waals surface area (Å²) < 4.78 is 5.55. The van der Waals surface area contributed by atoms with Gasteiger partial charge in [0.2, 0.25) is 0 Å². The van der Waals surface area contributed by atoms with Crippen LogP contribution in [0, 0.1) is 11.8 Å². The Labute approximate surface area is 96.2 Å². The van der Waals surface area contributed by atoms with E-state index in [1.807, 2.05) is 12.1 Å². The summed E-state index contributed by atoms with van der Waals surface area (Å²) in [6.45, 7) is 4.09. The van der Waals surface area contributed by atoms with E-state index in [9.17, 15) is 0 Å². The predicted molar refractivity (Wildman–Crippen MR) is 65.5 cm³/mol. The van der Waals surface area contributed by atoms with Gasteiger partial charge >= 0.3 is 0 Å². The molecule has 0 bridgehead atoms. The van der Waals surface area contributed by atoms with E-state index in [-0.39, 0.29) is 0 Å². The highest BCUT2D eigenvalue weighted by Crippen LogP contribution is 2.33. The first-order valence-corrected chi connectivity index (χ1v) is 6.02. The lowest BCUT2D eigenvalue weighted by Gasteiger charge is -2.36. The number of nitrogen functional groups attached to an aromatic ring is 1. The zero-order valence-electron chi connectivity index (χ0n) is 9.43. The topological polar surface area (TPSA) is 38.5 Å². The molecule has 2 N–H and O–H groups in total. The maximum atomic E-state index is 6.02. The third-order valence-electron chi connectivity index (χ3n) is 3.83. The largest absolute Gasteiger partial charge is 0.397 e. The van der Waals surface area contributed by atoms with Crippen LogP contribution in [0.1, 0.15) is 6.42 Å². The molecule has 0 amide bonds. The molecule has 3 nitrogen and oxygen atoms in total. The van der Waals surface area contributed by atoms with Crippen molar-refractivity contribution in [2.45, 2.75) is 6.42 Å². The fourth-order valence-electron chi connectivity index (χ4n) is 2.85. The summed E-state index contributed by atoms with van der Waals surface area (Å²) in [7, 11) is 0. The van der Waals surface area contributed by atoms with E-state index in [2.05, 4.69) is 17.0 Å². The molecule has 86 valence electrons. The van der Waals surface area contributed by atoms with Gasteiger partial charge in [-0.05, 0) is 24.5 Å². The van der Waals surface area contributed by atoms with E-state index >= 15 is 0 Å². The van der Waals surface area contributed by atoms with Gasteiger partial charge in [-0.15, -0.1) is 0 Å². The Hall–Kier alpha value is -1.22. The molecule has 1 aromatic rings. The van der Waals surface area contributed by atoms with Crippen LogP contribution in [0.5, 0.6) is 0 Å². The Morgan fingerprint density at radius 2 is 2.00 bits per heavy atom. The molecule has 0 saturated carbocycles. The zero-order chi connectivity index (χ0) is 11.0. The smallest absolute Gasteiger partial charge is 0.0600 e. The maximum absolute atomic E-state index is 6.02. The molecular formula is C13H18N2O. The summed E-state index contributed by atoms with van der Waals surface area (Å²) >= 11 is 0. The van der Waals surface area contributed by atoms with Crippen molar-refractivity contribution in [3.63, 3.8) is 0 Å². The molecule has 1 aromatic carbocycles. The molecule has 3 rings (SSSR count).